The van der Waals surface area contributed by atoms with Crippen molar-refractivity contribution in [2.24, 2.45) is 0 Å². The molecule has 2 heterocycles. The standard InChI is InChI=1S/C18H24FN3O3/c19-15-5-2-1-4-14(15)12-20-17(23)13-21-7-9-22(10-8-21)18(24)16-6-3-11-25-16/h1-2,4-5,16H,3,6-13H2,(H,20,23). The minimum absolute atomic E-state index is 0.0705. The number of rotatable bonds is 5. The second kappa shape index (κ2) is 8.40. The van der Waals surface area contributed by atoms with Crippen LogP contribution in [-0.4, -0.2) is 67.0 Å². The highest BCUT2D eigenvalue weighted by atomic mass is 19.1. The van der Waals surface area contributed by atoms with E-state index >= 15 is 0 Å². The Morgan fingerprint density at radius 3 is 2.64 bits per heavy atom. The van der Waals surface area contributed by atoms with Gasteiger partial charge in [0.2, 0.25) is 5.91 Å². The Kier molecular flexibility index (Phi) is 5.99. The van der Waals surface area contributed by atoms with Gasteiger partial charge in [-0.25, -0.2) is 4.39 Å². The summed E-state index contributed by atoms with van der Waals surface area (Å²) in [5, 5.41) is 2.74. The van der Waals surface area contributed by atoms with Gasteiger partial charge < -0.3 is 15.0 Å². The van der Waals surface area contributed by atoms with Crippen LogP contribution < -0.4 is 5.32 Å². The molecule has 6 nitrogen and oxygen atoms in total. The number of hydrogen-bond acceptors (Lipinski definition) is 4. The number of hydrogen-bond donors (Lipinski definition) is 1. The molecule has 0 aromatic heterocycles. The van der Waals surface area contributed by atoms with Crippen LogP contribution in [0.15, 0.2) is 24.3 Å². The van der Waals surface area contributed by atoms with E-state index in [-0.39, 0.29) is 36.8 Å². The molecule has 2 aliphatic heterocycles. The van der Waals surface area contributed by atoms with E-state index < -0.39 is 0 Å². The van der Waals surface area contributed by atoms with Crippen LogP contribution in [0.25, 0.3) is 0 Å². The lowest BCUT2D eigenvalue weighted by Crippen LogP contribution is -2.53. The van der Waals surface area contributed by atoms with Crippen molar-refractivity contribution in [3.63, 3.8) is 0 Å². The quantitative estimate of drug-likeness (QED) is 0.853. The monoisotopic (exact) mass is 349 g/mol. The van der Waals surface area contributed by atoms with Crippen LogP contribution in [-0.2, 0) is 20.9 Å². The van der Waals surface area contributed by atoms with Crippen molar-refractivity contribution in [3.05, 3.63) is 35.6 Å². The van der Waals surface area contributed by atoms with E-state index in [0.29, 0.717) is 38.3 Å². The van der Waals surface area contributed by atoms with Gasteiger partial charge in [-0.05, 0) is 18.9 Å². The Hall–Kier alpha value is -1.99. The first-order valence-corrected chi connectivity index (χ1v) is 8.76. The van der Waals surface area contributed by atoms with Gasteiger partial charge in [0.15, 0.2) is 0 Å². The maximum atomic E-state index is 13.5. The molecule has 1 aromatic carbocycles. The first-order valence-electron chi connectivity index (χ1n) is 8.76. The zero-order valence-electron chi connectivity index (χ0n) is 14.2. The van der Waals surface area contributed by atoms with E-state index in [2.05, 4.69) is 5.32 Å². The van der Waals surface area contributed by atoms with Gasteiger partial charge in [0.1, 0.15) is 11.9 Å². The molecule has 136 valence electrons. The number of nitrogens with zero attached hydrogens (tertiary/aromatic N) is 2. The summed E-state index contributed by atoms with van der Waals surface area (Å²) >= 11 is 0. The summed E-state index contributed by atoms with van der Waals surface area (Å²) in [5.74, 6) is -0.382. The topological polar surface area (TPSA) is 61.9 Å². The molecule has 2 saturated heterocycles. The van der Waals surface area contributed by atoms with Crippen molar-refractivity contribution >= 4 is 11.8 Å². The summed E-state index contributed by atoms with van der Waals surface area (Å²) in [5.41, 5.74) is 0.475. The second-order valence-corrected chi connectivity index (χ2v) is 6.47. The maximum Gasteiger partial charge on any atom is 0.251 e. The number of carbonyl (C=O) groups is 2. The van der Waals surface area contributed by atoms with E-state index in [4.69, 9.17) is 4.74 Å². The average Bonchev–Trinajstić information content (AvgIpc) is 3.16. The predicted octanol–water partition coefficient (Wildman–Crippen LogP) is 0.765. The fourth-order valence-corrected chi connectivity index (χ4v) is 3.20. The number of amides is 2. The molecular formula is C18H24FN3O3. The molecule has 1 N–H and O–H groups in total. The van der Waals surface area contributed by atoms with Crippen molar-refractivity contribution in [3.8, 4) is 0 Å². The van der Waals surface area contributed by atoms with Gasteiger partial charge in [-0.3, -0.25) is 14.5 Å². The summed E-state index contributed by atoms with van der Waals surface area (Å²) < 4.78 is 19.0. The lowest BCUT2D eigenvalue weighted by Gasteiger charge is -2.35. The summed E-state index contributed by atoms with van der Waals surface area (Å²) in [6.45, 7) is 3.65. The Morgan fingerprint density at radius 2 is 1.96 bits per heavy atom. The van der Waals surface area contributed by atoms with Crippen LogP contribution in [0, 0.1) is 5.82 Å². The zero-order valence-corrected chi connectivity index (χ0v) is 14.2. The Bertz CT molecular complexity index is 611. The first kappa shape index (κ1) is 17.8. The molecule has 2 fully saturated rings. The van der Waals surface area contributed by atoms with Gasteiger partial charge in [-0.2, -0.15) is 0 Å². The highest BCUT2D eigenvalue weighted by molar-refractivity contribution is 5.81. The van der Waals surface area contributed by atoms with Crippen molar-refractivity contribution in [1.29, 1.82) is 0 Å². The number of nitrogens with one attached hydrogen (secondary N) is 1. The lowest BCUT2D eigenvalue weighted by atomic mass is 10.2. The number of carbonyl (C=O) groups excluding carboxylic acids is 2. The van der Waals surface area contributed by atoms with Gasteiger partial charge in [-0.1, -0.05) is 18.2 Å². The molecule has 7 heteroatoms. The van der Waals surface area contributed by atoms with Crippen LogP contribution >= 0.6 is 0 Å². The minimum atomic E-state index is -0.316. The van der Waals surface area contributed by atoms with Crippen LogP contribution in [0.3, 0.4) is 0 Å². The molecule has 1 aromatic rings. The molecular weight excluding hydrogens is 325 g/mol. The van der Waals surface area contributed by atoms with E-state index in [9.17, 15) is 14.0 Å². The zero-order chi connectivity index (χ0) is 17.6. The van der Waals surface area contributed by atoms with Gasteiger partial charge in [-0.15, -0.1) is 0 Å². The third-order valence-corrected chi connectivity index (χ3v) is 4.69. The molecule has 25 heavy (non-hydrogen) atoms. The summed E-state index contributed by atoms with van der Waals surface area (Å²) in [6, 6.07) is 6.41. The largest absolute Gasteiger partial charge is 0.368 e. The molecule has 0 bridgehead atoms. The number of benzene rings is 1. The van der Waals surface area contributed by atoms with Gasteiger partial charge in [0, 0.05) is 44.9 Å². The summed E-state index contributed by atoms with van der Waals surface area (Å²) in [4.78, 5) is 28.2. The van der Waals surface area contributed by atoms with Crippen LogP contribution in [0.5, 0.6) is 0 Å². The predicted molar refractivity (Wildman–Crippen MR) is 90.2 cm³/mol. The molecule has 0 saturated carbocycles. The van der Waals surface area contributed by atoms with Crippen molar-refractivity contribution in [1.82, 2.24) is 15.1 Å². The van der Waals surface area contributed by atoms with Gasteiger partial charge in [0.05, 0.1) is 6.54 Å². The van der Waals surface area contributed by atoms with E-state index in [1.54, 1.807) is 18.2 Å². The normalized spacial score (nSPS) is 21.3. The second-order valence-electron chi connectivity index (χ2n) is 6.47. The van der Waals surface area contributed by atoms with Crippen LogP contribution in [0.2, 0.25) is 0 Å². The van der Waals surface area contributed by atoms with Gasteiger partial charge in [0.25, 0.3) is 5.91 Å². The fourth-order valence-electron chi connectivity index (χ4n) is 3.20. The minimum Gasteiger partial charge on any atom is -0.368 e. The third-order valence-electron chi connectivity index (χ3n) is 4.69. The highest BCUT2D eigenvalue weighted by Crippen LogP contribution is 2.16. The molecule has 1 atom stereocenters. The van der Waals surface area contributed by atoms with Crippen molar-refractivity contribution in [2.45, 2.75) is 25.5 Å². The third kappa shape index (κ3) is 4.76. The van der Waals surface area contributed by atoms with E-state index in [1.165, 1.54) is 6.07 Å². The van der Waals surface area contributed by atoms with Crippen LogP contribution in [0.1, 0.15) is 18.4 Å². The van der Waals surface area contributed by atoms with Crippen molar-refractivity contribution in [2.75, 3.05) is 39.3 Å². The van der Waals surface area contributed by atoms with Crippen LogP contribution in [0.4, 0.5) is 4.39 Å². The molecule has 2 aliphatic rings. The number of halogens is 1. The number of ether oxygens (including phenoxy) is 1. The Morgan fingerprint density at radius 1 is 1.20 bits per heavy atom. The molecule has 1 unspecified atom stereocenters. The first-order chi connectivity index (χ1) is 12.1. The molecule has 0 radical (unpaired) electrons. The molecule has 0 aliphatic carbocycles. The highest BCUT2D eigenvalue weighted by Gasteiger charge is 2.30. The average molecular weight is 349 g/mol. The van der Waals surface area contributed by atoms with E-state index in [0.717, 1.165) is 12.8 Å². The molecule has 3 rings (SSSR count). The molecule has 0 spiro atoms. The summed E-state index contributed by atoms with van der Waals surface area (Å²) in [7, 11) is 0. The lowest BCUT2D eigenvalue weighted by molar-refractivity contribution is -0.142. The summed E-state index contributed by atoms with van der Waals surface area (Å²) in [6.07, 6.45) is 1.46. The van der Waals surface area contributed by atoms with E-state index in [1.807, 2.05) is 9.80 Å². The van der Waals surface area contributed by atoms with Gasteiger partial charge >= 0.3 is 0 Å². The number of piperazine rings is 1. The Labute approximate surface area is 146 Å². The maximum absolute atomic E-state index is 13.5. The fraction of sp³-hybridized carbons (Fsp3) is 0.556. The Balaban J connectivity index is 1.39. The molecule has 2 amide bonds. The smallest absolute Gasteiger partial charge is 0.251 e. The SMILES string of the molecule is O=C(CN1CCN(C(=O)C2CCCO2)CC1)NCc1ccccc1F. The van der Waals surface area contributed by atoms with Crippen molar-refractivity contribution < 1.29 is 18.7 Å².